The number of carbonyl (C=O) groups is 1. The van der Waals surface area contributed by atoms with Crippen LogP contribution in [0.15, 0.2) is 18.2 Å². The number of nitrogens with one attached hydrogen (secondary N) is 1. The second kappa shape index (κ2) is 9.08. The van der Waals surface area contributed by atoms with Crippen LogP contribution in [0.4, 0.5) is 4.79 Å². The van der Waals surface area contributed by atoms with Crippen molar-refractivity contribution in [3.05, 3.63) is 33.8 Å². The zero-order chi connectivity index (χ0) is 17.6. The molecule has 7 heteroatoms. The van der Waals surface area contributed by atoms with Gasteiger partial charge in [0.2, 0.25) is 0 Å². The number of urea groups is 1. The Balaban J connectivity index is 1.36. The molecule has 0 aromatic heterocycles. The van der Waals surface area contributed by atoms with Gasteiger partial charge in [-0.3, -0.25) is 4.90 Å². The smallest absolute Gasteiger partial charge is 0.317 e. The van der Waals surface area contributed by atoms with Crippen molar-refractivity contribution in [3.8, 4) is 0 Å². The minimum atomic E-state index is 0.00172. The molecule has 1 atom stereocenters. The summed E-state index contributed by atoms with van der Waals surface area (Å²) in [4.78, 5) is 16.6. The van der Waals surface area contributed by atoms with E-state index in [9.17, 15) is 4.79 Å². The number of hydrogen-bond acceptors (Lipinski definition) is 3. The Hall–Kier alpha value is -1.01. The van der Waals surface area contributed by atoms with Crippen molar-refractivity contribution in [3.63, 3.8) is 0 Å². The molecule has 25 heavy (non-hydrogen) atoms. The second-order valence-electron chi connectivity index (χ2n) is 6.64. The monoisotopic (exact) mass is 385 g/mol. The van der Waals surface area contributed by atoms with Gasteiger partial charge in [0, 0.05) is 55.9 Å². The first-order valence-corrected chi connectivity index (χ1v) is 9.68. The number of halogens is 2. The molecule has 2 heterocycles. The minimum Gasteiger partial charge on any atom is -0.377 e. The summed E-state index contributed by atoms with van der Waals surface area (Å²) in [6.45, 7) is 5.80. The molecule has 0 saturated carbocycles. The van der Waals surface area contributed by atoms with Crippen molar-refractivity contribution in [1.29, 1.82) is 0 Å². The summed E-state index contributed by atoms with van der Waals surface area (Å²) in [5.74, 6) is 0. The Bertz CT molecular complexity index is 586. The lowest BCUT2D eigenvalue weighted by molar-refractivity contribution is 0.0561. The van der Waals surface area contributed by atoms with E-state index in [2.05, 4.69) is 10.2 Å². The van der Waals surface area contributed by atoms with E-state index < -0.39 is 0 Å². The highest BCUT2D eigenvalue weighted by Gasteiger charge is 2.24. The number of rotatable bonds is 5. The molecular weight excluding hydrogens is 361 g/mol. The van der Waals surface area contributed by atoms with Crippen molar-refractivity contribution in [2.45, 2.75) is 25.4 Å². The summed E-state index contributed by atoms with van der Waals surface area (Å²) >= 11 is 12.1. The number of benzene rings is 1. The molecule has 1 unspecified atom stereocenters. The fourth-order valence-electron chi connectivity index (χ4n) is 3.35. The van der Waals surface area contributed by atoms with Crippen LogP contribution < -0.4 is 5.32 Å². The van der Waals surface area contributed by atoms with Gasteiger partial charge in [0.15, 0.2) is 0 Å². The van der Waals surface area contributed by atoms with Gasteiger partial charge in [0.25, 0.3) is 0 Å². The minimum absolute atomic E-state index is 0.00172. The average Bonchev–Trinajstić information content (AvgIpc) is 3.10. The highest BCUT2D eigenvalue weighted by Crippen LogP contribution is 2.21. The molecule has 5 nitrogen and oxygen atoms in total. The molecule has 2 fully saturated rings. The molecular formula is C18H25Cl2N3O2. The summed E-state index contributed by atoms with van der Waals surface area (Å²) < 4.78 is 5.69. The summed E-state index contributed by atoms with van der Waals surface area (Å²) in [7, 11) is 0. The van der Waals surface area contributed by atoms with Crippen LogP contribution in [-0.2, 0) is 11.2 Å². The summed E-state index contributed by atoms with van der Waals surface area (Å²) in [5, 5.41) is 4.25. The third-order valence-electron chi connectivity index (χ3n) is 4.83. The number of amides is 2. The average molecular weight is 386 g/mol. The van der Waals surface area contributed by atoms with Gasteiger partial charge in [-0.25, -0.2) is 4.79 Å². The lowest BCUT2D eigenvalue weighted by Crippen LogP contribution is -2.53. The van der Waals surface area contributed by atoms with Gasteiger partial charge in [-0.15, -0.1) is 0 Å². The summed E-state index contributed by atoms with van der Waals surface area (Å²) in [6.07, 6.45) is 3.41. The van der Waals surface area contributed by atoms with Gasteiger partial charge >= 0.3 is 6.03 Å². The lowest BCUT2D eigenvalue weighted by atomic mass is 10.1. The second-order valence-corrected chi connectivity index (χ2v) is 7.48. The zero-order valence-corrected chi connectivity index (χ0v) is 15.9. The zero-order valence-electron chi connectivity index (χ0n) is 14.3. The van der Waals surface area contributed by atoms with Crippen molar-refractivity contribution in [1.82, 2.24) is 15.1 Å². The predicted octanol–water partition coefficient (Wildman–Crippen LogP) is 3.04. The van der Waals surface area contributed by atoms with Crippen molar-refractivity contribution in [2.24, 2.45) is 0 Å². The Morgan fingerprint density at radius 1 is 1.24 bits per heavy atom. The molecule has 2 aliphatic heterocycles. The van der Waals surface area contributed by atoms with Gasteiger partial charge in [0.1, 0.15) is 0 Å². The molecule has 0 spiro atoms. The van der Waals surface area contributed by atoms with Crippen LogP contribution in [0.5, 0.6) is 0 Å². The summed E-state index contributed by atoms with van der Waals surface area (Å²) in [5.41, 5.74) is 0.993. The third-order valence-corrected chi connectivity index (χ3v) is 5.42. The van der Waals surface area contributed by atoms with Crippen LogP contribution >= 0.6 is 23.2 Å². The highest BCUT2D eigenvalue weighted by atomic mass is 35.5. The highest BCUT2D eigenvalue weighted by molar-refractivity contribution is 6.35. The van der Waals surface area contributed by atoms with Crippen LogP contribution in [0.25, 0.3) is 0 Å². The first kappa shape index (κ1) is 18.8. The molecule has 2 amide bonds. The van der Waals surface area contributed by atoms with E-state index in [1.807, 2.05) is 17.0 Å². The van der Waals surface area contributed by atoms with Crippen LogP contribution in [-0.4, -0.2) is 67.8 Å². The van der Waals surface area contributed by atoms with Gasteiger partial charge in [-0.1, -0.05) is 29.3 Å². The van der Waals surface area contributed by atoms with Crippen LogP contribution in [0.2, 0.25) is 10.0 Å². The van der Waals surface area contributed by atoms with Crippen LogP contribution in [0.1, 0.15) is 18.4 Å². The molecule has 0 radical (unpaired) electrons. The van der Waals surface area contributed by atoms with Gasteiger partial charge in [0.05, 0.1) is 6.10 Å². The summed E-state index contributed by atoms with van der Waals surface area (Å²) in [6, 6.07) is 5.45. The first-order valence-electron chi connectivity index (χ1n) is 8.92. The normalized spacial score (nSPS) is 21.5. The number of piperazine rings is 1. The topological polar surface area (TPSA) is 44.8 Å². The maximum Gasteiger partial charge on any atom is 0.317 e. The number of carbonyl (C=O) groups excluding carboxylic acids is 1. The quantitative estimate of drug-likeness (QED) is 0.846. The van der Waals surface area contributed by atoms with Gasteiger partial charge in [-0.2, -0.15) is 0 Å². The number of hydrogen-bond donors (Lipinski definition) is 1. The van der Waals surface area contributed by atoms with E-state index in [0.29, 0.717) is 29.1 Å². The van der Waals surface area contributed by atoms with Crippen LogP contribution in [0, 0.1) is 0 Å². The fraction of sp³-hybridized carbons (Fsp3) is 0.611. The molecule has 138 valence electrons. The molecule has 1 aromatic rings. The third kappa shape index (κ3) is 5.48. The maximum absolute atomic E-state index is 12.3. The maximum atomic E-state index is 12.3. The number of nitrogens with zero attached hydrogens (tertiary/aromatic N) is 2. The van der Waals surface area contributed by atoms with E-state index in [4.69, 9.17) is 27.9 Å². The number of ether oxygens (including phenoxy) is 1. The standard InChI is InChI=1S/C18H25Cl2N3O2/c19-15-4-3-14(17(20)12-15)5-6-21-18(24)23-9-7-22(8-10-23)13-16-2-1-11-25-16/h3-4,12,16H,1-2,5-11,13H2,(H,21,24). The fourth-order valence-corrected chi connectivity index (χ4v) is 3.85. The van der Waals surface area contributed by atoms with E-state index in [1.165, 1.54) is 6.42 Å². The Labute approximate surface area is 159 Å². The predicted molar refractivity (Wildman–Crippen MR) is 101 cm³/mol. The molecule has 2 saturated heterocycles. The first-order chi connectivity index (χ1) is 12.1. The van der Waals surface area contributed by atoms with Crippen molar-refractivity contribution in [2.75, 3.05) is 45.9 Å². The van der Waals surface area contributed by atoms with Crippen molar-refractivity contribution < 1.29 is 9.53 Å². The van der Waals surface area contributed by atoms with E-state index in [1.54, 1.807) is 6.07 Å². The lowest BCUT2D eigenvalue weighted by Gasteiger charge is -2.35. The molecule has 0 bridgehead atoms. The van der Waals surface area contributed by atoms with E-state index >= 15 is 0 Å². The van der Waals surface area contributed by atoms with Gasteiger partial charge < -0.3 is 15.0 Å². The van der Waals surface area contributed by atoms with E-state index in [0.717, 1.165) is 51.3 Å². The Morgan fingerprint density at radius 3 is 2.72 bits per heavy atom. The van der Waals surface area contributed by atoms with Crippen molar-refractivity contribution >= 4 is 29.2 Å². The molecule has 2 aliphatic rings. The van der Waals surface area contributed by atoms with E-state index in [-0.39, 0.29) is 6.03 Å². The SMILES string of the molecule is O=C(NCCc1ccc(Cl)cc1Cl)N1CCN(CC2CCCO2)CC1. The van der Waals surface area contributed by atoms with Gasteiger partial charge in [-0.05, 0) is 37.0 Å². The molecule has 1 N–H and O–H groups in total. The Kier molecular flexibility index (Phi) is 6.82. The van der Waals surface area contributed by atoms with Crippen LogP contribution in [0.3, 0.4) is 0 Å². The largest absolute Gasteiger partial charge is 0.377 e. The molecule has 1 aromatic carbocycles. The molecule has 3 rings (SSSR count). The Morgan fingerprint density at radius 2 is 2.04 bits per heavy atom. The molecule has 0 aliphatic carbocycles.